The zero-order valence-corrected chi connectivity index (χ0v) is 12.8. The fourth-order valence-corrected chi connectivity index (χ4v) is 2.31. The van der Waals surface area contributed by atoms with E-state index in [1.54, 1.807) is 5.57 Å². The van der Waals surface area contributed by atoms with Gasteiger partial charge < -0.3 is 0 Å². The van der Waals surface area contributed by atoms with E-state index in [9.17, 15) is 0 Å². The molecule has 0 aliphatic heterocycles. The van der Waals surface area contributed by atoms with Crippen LogP contribution >= 0.6 is 0 Å². The van der Waals surface area contributed by atoms with Gasteiger partial charge in [-0.15, -0.1) is 6.58 Å². The van der Waals surface area contributed by atoms with Gasteiger partial charge >= 0.3 is 0 Å². The maximum atomic E-state index is 3.87. The first-order valence-electron chi connectivity index (χ1n) is 8.13. The zero-order chi connectivity index (χ0) is 13.5. The molecule has 0 aromatic heterocycles. The highest BCUT2D eigenvalue weighted by Crippen LogP contribution is 2.16. The molecule has 0 bridgehead atoms. The lowest BCUT2D eigenvalue weighted by atomic mass is 10.0. The van der Waals surface area contributed by atoms with Crippen molar-refractivity contribution in [2.75, 3.05) is 0 Å². The van der Waals surface area contributed by atoms with Crippen molar-refractivity contribution in [3.8, 4) is 0 Å². The van der Waals surface area contributed by atoms with E-state index in [1.807, 2.05) is 0 Å². The topological polar surface area (TPSA) is 0 Å². The maximum absolute atomic E-state index is 3.87. The molecular formula is C18H34. The summed E-state index contributed by atoms with van der Waals surface area (Å²) in [4.78, 5) is 0. The van der Waals surface area contributed by atoms with Crippen LogP contribution in [-0.4, -0.2) is 0 Å². The molecule has 0 rings (SSSR count). The van der Waals surface area contributed by atoms with E-state index in [1.165, 1.54) is 70.6 Å². The molecule has 0 atom stereocenters. The van der Waals surface area contributed by atoms with Gasteiger partial charge in [-0.05, 0) is 32.1 Å². The Morgan fingerprint density at radius 3 is 2.11 bits per heavy atom. The second-order valence-corrected chi connectivity index (χ2v) is 5.37. The molecule has 0 N–H and O–H groups in total. The summed E-state index contributed by atoms with van der Waals surface area (Å²) in [5.74, 6) is 0. The highest BCUT2D eigenvalue weighted by molar-refractivity contribution is 5.06. The molecule has 0 saturated heterocycles. The molecule has 106 valence electrons. The molecule has 0 heterocycles. The number of hydrogen-bond acceptors (Lipinski definition) is 0. The second-order valence-electron chi connectivity index (χ2n) is 5.37. The molecule has 0 heteroatoms. The smallest absolute Gasteiger partial charge is 0.0142 e. The molecule has 0 unspecified atom stereocenters. The standard InChI is InChI=1S/C18H34/c1-4-7-9-10-11-12-14-17-18(15-6-3)16-13-8-5-2/h6,17H,3-5,7-16H2,1-2H3/b18-17-. The zero-order valence-electron chi connectivity index (χ0n) is 12.8. The summed E-state index contributed by atoms with van der Waals surface area (Å²) in [6, 6.07) is 0. The number of allylic oxidation sites excluding steroid dienone is 3. The first kappa shape index (κ1) is 17.5. The molecule has 0 saturated carbocycles. The Morgan fingerprint density at radius 2 is 1.44 bits per heavy atom. The average molecular weight is 250 g/mol. The summed E-state index contributed by atoms with van der Waals surface area (Å²) in [7, 11) is 0. The lowest BCUT2D eigenvalue weighted by Crippen LogP contribution is -1.85. The third-order valence-corrected chi connectivity index (χ3v) is 3.50. The minimum atomic E-state index is 1.10. The van der Waals surface area contributed by atoms with E-state index in [0.29, 0.717) is 0 Å². The SMILES string of the molecule is C=CC/C(=C/CCCCCCCC)CCCCC. The van der Waals surface area contributed by atoms with Crippen LogP contribution in [0.2, 0.25) is 0 Å². The van der Waals surface area contributed by atoms with Crippen molar-refractivity contribution in [3.63, 3.8) is 0 Å². The van der Waals surface area contributed by atoms with Gasteiger partial charge in [0.05, 0.1) is 0 Å². The van der Waals surface area contributed by atoms with Crippen LogP contribution in [0.25, 0.3) is 0 Å². The van der Waals surface area contributed by atoms with Gasteiger partial charge in [-0.25, -0.2) is 0 Å². The Hall–Kier alpha value is -0.520. The molecule has 0 amide bonds. The normalized spacial score (nSPS) is 11.8. The van der Waals surface area contributed by atoms with E-state index >= 15 is 0 Å². The average Bonchev–Trinajstić information content (AvgIpc) is 2.38. The molecule has 0 spiro atoms. The van der Waals surface area contributed by atoms with Gasteiger partial charge in [-0.3, -0.25) is 0 Å². The molecule has 18 heavy (non-hydrogen) atoms. The van der Waals surface area contributed by atoms with Crippen molar-refractivity contribution in [2.45, 2.75) is 90.9 Å². The summed E-state index contributed by atoms with van der Waals surface area (Å²) in [6.45, 7) is 8.42. The van der Waals surface area contributed by atoms with E-state index in [-0.39, 0.29) is 0 Å². The summed E-state index contributed by atoms with van der Waals surface area (Å²) >= 11 is 0. The van der Waals surface area contributed by atoms with Crippen LogP contribution in [0.1, 0.15) is 90.9 Å². The highest BCUT2D eigenvalue weighted by Gasteiger charge is 1.96. The molecule has 0 aromatic rings. The summed E-state index contributed by atoms with van der Waals surface area (Å²) in [6.07, 6.45) is 20.6. The van der Waals surface area contributed by atoms with Crippen molar-refractivity contribution in [1.29, 1.82) is 0 Å². The van der Waals surface area contributed by atoms with E-state index in [2.05, 4.69) is 32.6 Å². The van der Waals surface area contributed by atoms with E-state index < -0.39 is 0 Å². The number of hydrogen-bond donors (Lipinski definition) is 0. The Morgan fingerprint density at radius 1 is 0.833 bits per heavy atom. The molecule has 0 nitrogen and oxygen atoms in total. The van der Waals surface area contributed by atoms with Crippen molar-refractivity contribution >= 4 is 0 Å². The van der Waals surface area contributed by atoms with Crippen LogP contribution in [0.15, 0.2) is 24.3 Å². The van der Waals surface area contributed by atoms with Crippen molar-refractivity contribution < 1.29 is 0 Å². The van der Waals surface area contributed by atoms with E-state index in [4.69, 9.17) is 0 Å². The molecular weight excluding hydrogens is 216 g/mol. The minimum absolute atomic E-state index is 1.10. The molecule has 0 aliphatic rings. The number of rotatable bonds is 13. The van der Waals surface area contributed by atoms with Crippen molar-refractivity contribution in [3.05, 3.63) is 24.3 Å². The van der Waals surface area contributed by atoms with Crippen LogP contribution in [0.5, 0.6) is 0 Å². The molecule has 0 aliphatic carbocycles. The van der Waals surface area contributed by atoms with Gasteiger partial charge in [0.2, 0.25) is 0 Å². The summed E-state index contributed by atoms with van der Waals surface area (Å²) in [5.41, 5.74) is 1.62. The van der Waals surface area contributed by atoms with Crippen LogP contribution < -0.4 is 0 Å². The lowest BCUT2D eigenvalue weighted by molar-refractivity contribution is 0.609. The number of unbranched alkanes of at least 4 members (excludes halogenated alkanes) is 8. The van der Waals surface area contributed by atoms with Crippen LogP contribution in [0.3, 0.4) is 0 Å². The lowest BCUT2D eigenvalue weighted by Gasteiger charge is -2.05. The maximum Gasteiger partial charge on any atom is -0.0142 e. The quantitative estimate of drug-likeness (QED) is 0.248. The third-order valence-electron chi connectivity index (χ3n) is 3.50. The van der Waals surface area contributed by atoms with Gasteiger partial charge in [0.25, 0.3) is 0 Å². The van der Waals surface area contributed by atoms with Gasteiger partial charge in [0.1, 0.15) is 0 Å². The third kappa shape index (κ3) is 12.0. The molecule has 0 radical (unpaired) electrons. The van der Waals surface area contributed by atoms with E-state index in [0.717, 1.165) is 6.42 Å². The first-order chi connectivity index (χ1) is 8.85. The van der Waals surface area contributed by atoms with Crippen molar-refractivity contribution in [2.24, 2.45) is 0 Å². The fraction of sp³-hybridized carbons (Fsp3) is 0.778. The molecule has 0 aromatic carbocycles. The summed E-state index contributed by atoms with van der Waals surface area (Å²) < 4.78 is 0. The monoisotopic (exact) mass is 250 g/mol. The predicted molar refractivity (Wildman–Crippen MR) is 85.0 cm³/mol. The predicted octanol–water partition coefficient (Wildman–Crippen LogP) is 6.82. The highest BCUT2D eigenvalue weighted by atomic mass is 14.0. The van der Waals surface area contributed by atoms with Crippen molar-refractivity contribution in [1.82, 2.24) is 0 Å². The summed E-state index contributed by atoms with van der Waals surface area (Å²) in [5, 5.41) is 0. The molecule has 0 fully saturated rings. The Balaban J connectivity index is 3.62. The van der Waals surface area contributed by atoms with Gasteiger partial charge in [0.15, 0.2) is 0 Å². The van der Waals surface area contributed by atoms with Crippen LogP contribution in [0.4, 0.5) is 0 Å². The van der Waals surface area contributed by atoms with Gasteiger partial charge in [-0.1, -0.05) is 76.5 Å². The first-order valence-corrected chi connectivity index (χ1v) is 8.13. The second kappa shape index (κ2) is 14.5. The Kier molecular flexibility index (Phi) is 14.1. The Labute approximate surface area is 116 Å². The minimum Gasteiger partial charge on any atom is -0.103 e. The van der Waals surface area contributed by atoms with Gasteiger partial charge in [0, 0.05) is 0 Å². The van der Waals surface area contributed by atoms with Crippen LogP contribution in [0, 0.1) is 0 Å². The fourth-order valence-electron chi connectivity index (χ4n) is 2.31. The van der Waals surface area contributed by atoms with Crippen LogP contribution in [-0.2, 0) is 0 Å². The van der Waals surface area contributed by atoms with Gasteiger partial charge in [-0.2, -0.15) is 0 Å². The Bertz CT molecular complexity index is 200. The largest absolute Gasteiger partial charge is 0.103 e.